The molecule has 2 nitrogen and oxygen atoms in total. The van der Waals surface area contributed by atoms with Gasteiger partial charge in [-0.25, -0.2) is 0 Å². The van der Waals surface area contributed by atoms with Gasteiger partial charge in [0.15, 0.2) is 0 Å². The monoisotopic (exact) mass is 226 g/mol. The average molecular weight is 226 g/mol. The molecule has 1 aliphatic rings. The van der Waals surface area contributed by atoms with E-state index in [0.29, 0.717) is 11.5 Å². The van der Waals surface area contributed by atoms with Gasteiger partial charge >= 0.3 is 0 Å². The quantitative estimate of drug-likeness (QED) is 0.572. The minimum Gasteiger partial charge on any atom is -0.271 e. The fourth-order valence-corrected chi connectivity index (χ4v) is 2.98. The van der Waals surface area contributed by atoms with E-state index in [1.807, 2.05) is 0 Å². The van der Waals surface area contributed by atoms with Gasteiger partial charge in [-0.3, -0.25) is 11.3 Å². The molecular formula is C14H30N2. The van der Waals surface area contributed by atoms with Crippen molar-refractivity contribution in [3.05, 3.63) is 0 Å². The molecule has 0 aromatic heterocycles. The molecule has 3 N–H and O–H groups in total. The summed E-state index contributed by atoms with van der Waals surface area (Å²) in [6, 6.07) is 0.495. The van der Waals surface area contributed by atoms with Crippen molar-refractivity contribution < 1.29 is 0 Å². The molecule has 1 saturated carbocycles. The Morgan fingerprint density at radius 3 is 2.25 bits per heavy atom. The van der Waals surface area contributed by atoms with Crippen LogP contribution >= 0.6 is 0 Å². The molecule has 1 aliphatic carbocycles. The van der Waals surface area contributed by atoms with E-state index in [2.05, 4.69) is 40.0 Å². The molecule has 1 fully saturated rings. The highest BCUT2D eigenvalue weighted by Crippen LogP contribution is 2.37. The van der Waals surface area contributed by atoms with E-state index < -0.39 is 0 Å². The number of hydrogen-bond donors (Lipinski definition) is 2. The average Bonchev–Trinajstić information content (AvgIpc) is 2.17. The zero-order valence-electron chi connectivity index (χ0n) is 11.7. The molecule has 0 heterocycles. The van der Waals surface area contributed by atoms with Gasteiger partial charge in [0.25, 0.3) is 0 Å². The first-order valence-electron chi connectivity index (χ1n) is 6.79. The largest absolute Gasteiger partial charge is 0.271 e. The Balaban J connectivity index is 2.54. The van der Waals surface area contributed by atoms with Gasteiger partial charge in [0.05, 0.1) is 0 Å². The van der Waals surface area contributed by atoms with Crippen molar-refractivity contribution in [3.63, 3.8) is 0 Å². The number of nitrogens with two attached hydrogens (primary N) is 1. The number of hydrazine groups is 1. The summed E-state index contributed by atoms with van der Waals surface area (Å²) >= 11 is 0. The van der Waals surface area contributed by atoms with E-state index in [1.54, 1.807) is 0 Å². The lowest BCUT2D eigenvalue weighted by Gasteiger charge is -2.38. The van der Waals surface area contributed by atoms with Crippen LogP contribution in [0.5, 0.6) is 0 Å². The fraction of sp³-hybridized carbons (Fsp3) is 1.00. The molecule has 96 valence electrons. The first-order chi connectivity index (χ1) is 7.33. The summed E-state index contributed by atoms with van der Waals surface area (Å²) in [6.45, 7) is 11.7. The molecule has 16 heavy (non-hydrogen) atoms. The summed E-state index contributed by atoms with van der Waals surface area (Å²) in [4.78, 5) is 0. The van der Waals surface area contributed by atoms with Crippen molar-refractivity contribution in [1.29, 1.82) is 0 Å². The molecule has 0 amide bonds. The van der Waals surface area contributed by atoms with E-state index in [9.17, 15) is 0 Å². The standard InChI is InChI=1S/C14H30N2/c1-10-6-7-12(8-11(10)2)13(16-15)9-14(3,4)5/h10-13,16H,6-9,15H2,1-5H3. The van der Waals surface area contributed by atoms with Crippen LogP contribution in [0.2, 0.25) is 0 Å². The Kier molecular flexibility index (Phi) is 4.81. The van der Waals surface area contributed by atoms with Gasteiger partial charge in [-0.1, -0.05) is 41.0 Å². The van der Waals surface area contributed by atoms with E-state index in [-0.39, 0.29) is 0 Å². The molecule has 0 saturated heterocycles. The maximum Gasteiger partial charge on any atom is 0.0243 e. The van der Waals surface area contributed by atoms with Gasteiger partial charge in [-0.2, -0.15) is 0 Å². The molecule has 4 atom stereocenters. The maximum atomic E-state index is 5.74. The minimum absolute atomic E-state index is 0.364. The van der Waals surface area contributed by atoms with E-state index >= 15 is 0 Å². The van der Waals surface area contributed by atoms with E-state index in [0.717, 1.165) is 17.8 Å². The third-order valence-corrected chi connectivity index (χ3v) is 4.25. The van der Waals surface area contributed by atoms with Crippen molar-refractivity contribution in [2.24, 2.45) is 29.0 Å². The third kappa shape index (κ3) is 4.06. The van der Waals surface area contributed by atoms with Crippen LogP contribution in [0.1, 0.15) is 60.3 Å². The summed E-state index contributed by atoms with van der Waals surface area (Å²) in [6.07, 6.45) is 5.23. The van der Waals surface area contributed by atoms with Crippen molar-refractivity contribution in [2.75, 3.05) is 0 Å². The Bertz CT molecular complexity index is 207. The van der Waals surface area contributed by atoms with Crippen LogP contribution in [0.15, 0.2) is 0 Å². The maximum absolute atomic E-state index is 5.74. The summed E-state index contributed by atoms with van der Waals surface area (Å²) in [7, 11) is 0. The first-order valence-corrected chi connectivity index (χ1v) is 6.79. The Hall–Kier alpha value is -0.0800. The molecule has 0 bridgehead atoms. The Morgan fingerprint density at radius 1 is 1.19 bits per heavy atom. The second-order valence-electron chi connectivity index (χ2n) is 7.07. The molecule has 1 rings (SSSR count). The highest BCUT2D eigenvalue weighted by Gasteiger charge is 2.31. The number of nitrogens with one attached hydrogen (secondary N) is 1. The Morgan fingerprint density at radius 2 is 1.81 bits per heavy atom. The van der Waals surface area contributed by atoms with Gasteiger partial charge in [0.1, 0.15) is 0 Å². The smallest absolute Gasteiger partial charge is 0.0243 e. The molecule has 2 heteroatoms. The van der Waals surface area contributed by atoms with Gasteiger partial charge in [-0.05, 0) is 42.4 Å². The molecule has 0 aromatic rings. The predicted octanol–water partition coefficient (Wildman–Crippen LogP) is 3.33. The second-order valence-corrected chi connectivity index (χ2v) is 7.07. The Labute approximate surface area is 101 Å². The zero-order chi connectivity index (χ0) is 12.3. The van der Waals surface area contributed by atoms with Crippen LogP contribution in [-0.2, 0) is 0 Å². The van der Waals surface area contributed by atoms with Gasteiger partial charge in [0.2, 0.25) is 0 Å². The minimum atomic E-state index is 0.364. The van der Waals surface area contributed by atoms with Crippen LogP contribution in [0.25, 0.3) is 0 Å². The van der Waals surface area contributed by atoms with Crippen molar-refractivity contribution in [1.82, 2.24) is 5.43 Å². The van der Waals surface area contributed by atoms with Crippen molar-refractivity contribution in [2.45, 2.75) is 66.3 Å². The van der Waals surface area contributed by atoms with Crippen LogP contribution in [0, 0.1) is 23.2 Å². The lowest BCUT2D eigenvalue weighted by molar-refractivity contribution is 0.145. The predicted molar refractivity (Wildman–Crippen MR) is 70.9 cm³/mol. The topological polar surface area (TPSA) is 38.0 Å². The lowest BCUT2D eigenvalue weighted by Crippen LogP contribution is -2.45. The van der Waals surface area contributed by atoms with E-state index in [4.69, 9.17) is 5.84 Å². The van der Waals surface area contributed by atoms with Crippen LogP contribution in [0.4, 0.5) is 0 Å². The molecule has 4 unspecified atom stereocenters. The van der Waals surface area contributed by atoms with Crippen LogP contribution in [-0.4, -0.2) is 6.04 Å². The molecule has 0 spiro atoms. The molecule has 0 radical (unpaired) electrons. The van der Waals surface area contributed by atoms with Crippen LogP contribution < -0.4 is 11.3 Å². The highest BCUT2D eigenvalue weighted by molar-refractivity contribution is 4.85. The normalized spacial score (nSPS) is 33.8. The lowest BCUT2D eigenvalue weighted by atomic mass is 9.71. The summed E-state index contributed by atoms with van der Waals surface area (Å²) < 4.78 is 0. The summed E-state index contributed by atoms with van der Waals surface area (Å²) in [5.41, 5.74) is 3.43. The second kappa shape index (κ2) is 5.50. The first kappa shape index (κ1) is 14.0. The highest BCUT2D eigenvalue weighted by atomic mass is 15.2. The summed E-state index contributed by atoms with van der Waals surface area (Å²) in [5, 5.41) is 0. The van der Waals surface area contributed by atoms with Gasteiger partial charge in [0, 0.05) is 6.04 Å². The zero-order valence-corrected chi connectivity index (χ0v) is 11.7. The molecular weight excluding hydrogens is 196 g/mol. The van der Waals surface area contributed by atoms with Crippen molar-refractivity contribution >= 4 is 0 Å². The number of rotatable bonds is 3. The summed E-state index contributed by atoms with van der Waals surface area (Å²) in [5.74, 6) is 8.26. The van der Waals surface area contributed by atoms with E-state index in [1.165, 1.54) is 25.7 Å². The SMILES string of the molecule is CC1CCC(C(CC(C)(C)C)NN)CC1C. The van der Waals surface area contributed by atoms with Crippen LogP contribution in [0.3, 0.4) is 0 Å². The molecule has 0 aromatic carbocycles. The fourth-order valence-electron chi connectivity index (χ4n) is 2.98. The molecule has 0 aliphatic heterocycles. The third-order valence-electron chi connectivity index (χ3n) is 4.25. The van der Waals surface area contributed by atoms with Gasteiger partial charge in [-0.15, -0.1) is 0 Å². The van der Waals surface area contributed by atoms with Gasteiger partial charge < -0.3 is 0 Å². The number of hydrogen-bond acceptors (Lipinski definition) is 2. The van der Waals surface area contributed by atoms with Crippen molar-refractivity contribution in [3.8, 4) is 0 Å².